The first-order chi connectivity index (χ1) is 11.5. The fourth-order valence-corrected chi connectivity index (χ4v) is 2.77. The lowest BCUT2D eigenvalue weighted by molar-refractivity contribution is 0.628. The highest BCUT2D eigenvalue weighted by Gasteiger charge is 2.15. The van der Waals surface area contributed by atoms with Crippen LogP contribution >= 0.6 is 23.2 Å². The first kappa shape index (κ1) is 16.5. The average molecular weight is 366 g/mol. The Bertz CT molecular complexity index is 876. The van der Waals surface area contributed by atoms with Gasteiger partial charge in [-0.3, -0.25) is 0 Å². The van der Waals surface area contributed by atoms with Gasteiger partial charge in [0.15, 0.2) is 0 Å². The van der Waals surface area contributed by atoms with E-state index in [9.17, 15) is 8.78 Å². The van der Waals surface area contributed by atoms with Gasteiger partial charge in [0.05, 0.1) is 17.1 Å². The highest BCUT2D eigenvalue weighted by Crippen LogP contribution is 2.37. The average Bonchev–Trinajstić information content (AvgIpc) is 2.52. The van der Waals surface area contributed by atoms with Crippen LogP contribution in [0.4, 0.5) is 25.8 Å². The van der Waals surface area contributed by atoms with E-state index in [1.165, 1.54) is 24.4 Å². The van der Waals surface area contributed by atoms with E-state index in [1.54, 1.807) is 18.2 Å². The van der Waals surface area contributed by atoms with E-state index in [-0.39, 0.29) is 27.4 Å². The maximum Gasteiger partial charge on any atom is 0.150 e. The lowest BCUT2D eigenvalue weighted by Crippen LogP contribution is -2.01. The molecule has 0 spiro atoms. The van der Waals surface area contributed by atoms with Crippen molar-refractivity contribution >= 4 is 40.3 Å². The molecule has 7 heteroatoms. The number of anilines is 3. The summed E-state index contributed by atoms with van der Waals surface area (Å²) in [5, 5.41) is 3.30. The van der Waals surface area contributed by atoms with E-state index in [2.05, 4.69) is 10.3 Å². The standard InChI is InChI=1S/C17H11Cl2F2N3/c18-10-7-12(21)16(13(22)8-10)24-14-5-6-23-17(19)15(14)9-1-3-11(20)4-2-9/h1-8H,22H2,(H,23,24). The minimum absolute atomic E-state index is 0.0741. The molecule has 3 nitrogen and oxygen atoms in total. The van der Waals surface area contributed by atoms with E-state index < -0.39 is 5.82 Å². The molecule has 0 fully saturated rings. The van der Waals surface area contributed by atoms with Gasteiger partial charge in [-0.05, 0) is 35.9 Å². The molecule has 3 aromatic rings. The predicted octanol–water partition coefficient (Wildman–Crippen LogP) is 5.66. The number of rotatable bonds is 3. The van der Waals surface area contributed by atoms with Crippen LogP contribution in [0.5, 0.6) is 0 Å². The van der Waals surface area contributed by atoms with Crippen molar-refractivity contribution in [3.8, 4) is 11.1 Å². The predicted molar refractivity (Wildman–Crippen MR) is 93.7 cm³/mol. The molecular weight excluding hydrogens is 355 g/mol. The smallest absolute Gasteiger partial charge is 0.150 e. The summed E-state index contributed by atoms with van der Waals surface area (Å²) >= 11 is 12.0. The number of hydrogen-bond donors (Lipinski definition) is 2. The van der Waals surface area contributed by atoms with Crippen molar-refractivity contribution in [2.75, 3.05) is 11.1 Å². The fraction of sp³-hybridized carbons (Fsp3) is 0. The molecule has 1 heterocycles. The number of hydrogen-bond acceptors (Lipinski definition) is 3. The largest absolute Gasteiger partial charge is 0.397 e. The van der Waals surface area contributed by atoms with E-state index in [0.29, 0.717) is 16.8 Å². The molecule has 122 valence electrons. The Morgan fingerprint density at radius 1 is 1.00 bits per heavy atom. The molecule has 0 bridgehead atoms. The first-order valence-corrected chi connectivity index (χ1v) is 7.63. The van der Waals surface area contributed by atoms with Gasteiger partial charge in [-0.25, -0.2) is 13.8 Å². The number of aromatic nitrogens is 1. The van der Waals surface area contributed by atoms with E-state index >= 15 is 0 Å². The Labute approximate surface area is 147 Å². The number of nitrogens with two attached hydrogens (primary N) is 1. The zero-order valence-electron chi connectivity index (χ0n) is 12.2. The van der Waals surface area contributed by atoms with Gasteiger partial charge in [-0.1, -0.05) is 35.3 Å². The van der Waals surface area contributed by atoms with Crippen LogP contribution in [0.25, 0.3) is 11.1 Å². The number of nitrogens with zero attached hydrogens (tertiary/aromatic N) is 1. The highest BCUT2D eigenvalue weighted by atomic mass is 35.5. The molecule has 0 unspecified atom stereocenters. The first-order valence-electron chi connectivity index (χ1n) is 6.87. The summed E-state index contributed by atoms with van der Waals surface area (Å²) in [5.74, 6) is -0.973. The van der Waals surface area contributed by atoms with Crippen LogP contribution in [0, 0.1) is 11.6 Å². The maximum atomic E-state index is 14.2. The number of nitrogens with one attached hydrogen (secondary N) is 1. The van der Waals surface area contributed by atoms with Gasteiger partial charge in [0.25, 0.3) is 0 Å². The summed E-state index contributed by atoms with van der Waals surface area (Å²) in [5.41, 5.74) is 7.67. The summed E-state index contributed by atoms with van der Waals surface area (Å²) < 4.78 is 27.3. The van der Waals surface area contributed by atoms with Crippen molar-refractivity contribution in [2.45, 2.75) is 0 Å². The molecule has 0 amide bonds. The molecule has 1 aromatic heterocycles. The molecule has 0 atom stereocenters. The molecule has 0 radical (unpaired) electrons. The summed E-state index contributed by atoms with van der Waals surface area (Å²) in [6.45, 7) is 0. The Hall–Kier alpha value is -2.37. The van der Waals surface area contributed by atoms with Gasteiger partial charge in [-0.15, -0.1) is 0 Å². The number of pyridine rings is 1. The Morgan fingerprint density at radius 3 is 2.38 bits per heavy atom. The van der Waals surface area contributed by atoms with Gasteiger partial charge < -0.3 is 11.1 Å². The Morgan fingerprint density at radius 2 is 1.71 bits per heavy atom. The molecule has 0 saturated carbocycles. The van der Waals surface area contributed by atoms with Gasteiger partial charge in [0, 0.05) is 16.8 Å². The summed E-state index contributed by atoms with van der Waals surface area (Å²) in [6, 6.07) is 9.95. The molecular formula is C17H11Cl2F2N3. The lowest BCUT2D eigenvalue weighted by Gasteiger charge is -2.15. The number of benzene rings is 2. The van der Waals surface area contributed by atoms with Crippen LogP contribution in [0.1, 0.15) is 0 Å². The van der Waals surface area contributed by atoms with E-state index in [0.717, 1.165) is 6.07 Å². The van der Waals surface area contributed by atoms with Gasteiger partial charge in [-0.2, -0.15) is 0 Å². The monoisotopic (exact) mass is 365 g/mol. The zero-order chi connectivity index (χ0) is 17.3. The van der Waals surface area contributed by atoms with Crippen LogP contribution in [-0.4, -0.2) is 4.98 Å². The Kier molecular flexibility index (Phi) is 4.55. The minimum atomic E-state index is -0.599. The van der Waals surface area contributed by atoms with Crippen LogP contribution in [0.2, 0.25) is 10.2 Å². The zero-order valence-corrected chi connectivity index (χ0v) is 13.7. The van der Waals surface area contributed by atoms with E-state index in [4.69, 9.17) is 28.9 Å². The molecule has 3 rings (SSSR count). The van der Waals surface area contributed by atoms with Crippen molar-refractivity contribution < 1.29 is 8.78 Å². The third-order valence-electron chi connectivity index (χ3n) is 3.38. The molecule has 0 aliphatic rings. The molecule has 0 saturated heterocycles. The van der Waals surface area contributed by atoms with Crippen molar-refractivity contribution in [1.29, 1.82) is 0 Å². The van der Waals surface area contributed by atoms with Crippen molar-refractivity contribution in [1.82, 2.24) is 4.98 Å². The molecule has 24 heavy (non-hydrogen) atoms. The van der Waals surface area contributed by atoms with Gasteiger partial charge in [0.2, 0.25) is 0 Å². The third-order valence-corrected chi connectivity index (χ3v) is 3.89. The summed E-state index contributed by atoms with van der Waals surface area (Å²) in [4.78, 5) is 4.02. The van der Waals surface area contributed by atoms with Gasteiger partial charge >= 0.3 is 0 Å². The van der Waals surface area contributed by atoms with E-state index in [1.807, 2.05) is 0 Å². The van der Waals surface area contributed by atoms with Crippen LogP contribution in [0.15, 0.2) is 48.7 Å². The van der Waals surface area contributed by atoms with Crippen LogP contribution < -0.4 is 11.1 Å². The second-order valence-electron chi connectivity index (χ2n) is 5.01. The SMILES string of the molecule is Nc1cc(Cl)cc(F)c1Nc1ccnc(Cl)c1-c1ccc(F)cc1. The van der Waals surface area contributed by atoms with Crippen LogP contribution in [0.3, 0.4) is 0 Å². The van der Waals surface area contributed by atoms with Gasteiger partial charge in [0.1, 0.15) is 16.8 Å². The number of halogens is 4. The van der Waals surface area contributed by atoms with Crippen molar-refractivity contribution in [3.05, 3.63) is 70.5 Å². The normalized spacial score (nSPS) is 10.7. The van der Waals surface area contributed by atoms with Crippen LogP contribution in [-0.2, 0) is 0 Å². The number of nitrogen functional groups attached to an aromatic ring is 1. The van der Waals surface area contributed by atoms with Crippen molar-refractivity contribution in [3.63, 3.8) is 0 Å². The maximum absolute atomic E-state index is 14.2. The minimum Gasteiger partial charge on any atom is -0.397 e. The quantitative estimate of drug-likeness (QED) is 0.465. The molecule has 0 aliphatic heterocycles. The topological polar surface area (TPSA) is 50.9 Å². The molecule has 0 aliphatic carbocycles. The molecule has 2 aromatic carbocycles. The second-order valence-corrected chi connectivity index (χ2v) is 5.80. The molecule has 3 N–H and O–H groups in total. The second kappa shape index (κ2) is 6.63. The fourth-order valence-electron chi connectivity index (χ4n) is 2.29. The summed E-state index contributed by atoms with van der Waals surface area (Å²) in [7, 11) is 0. The summed E-state index contributed by atoms with van der Waals surface area (Å²) in [6.07, 6.45) is 1.47. The Balaban J connectivity index is 2.10. The lowest BCUT2D eigenvalue weighted by atomic mass is 10.1. The van der Waals surface area contributed by atoms with Crippen molar-refractivity contribution in [2.24, 2.45) is 0 Å². The third kappa shape index (κ3) is 3.27. The highest BCUT2D eigenvalue weighted by molar-refractivity contribution is 6.33.